The molecule has 0 unspecified atom stereocenters. The third kappa shape index (κ3) is 2.41. The van der Waals surface area contributed by atoms with E-state index in [1.807, 2.05) is 30.3 Å². The van der Waals surface area contributed by atoms with Gasteiger partial charge in [0.2, 0.25) is 0 Å². The van der Waals surface area contributed by atoms with E-state index in [1.165, 1.54) is 0 Å². The normalized spacial score (nSPS) is 10.3. The summed E-state index contributed by atoms with van der Waals surface area (Å²) >= 11 is 0. The number of hydrogen-bond donors (Lipinski definition) is 2. The van der Waals surface area contributed by atoms with Gasteiger partial charge in [-0.1, -0.05) is 35.5 Å². The van der Waals surface area contributed by atoms with Crippen molar-refractivity contribution in [3.8, 4) is 11.3 Å². The Morgan fingerprint density at radius 1 is 1.25 bits per heavy atom. The molecule has 0 fully saturated rings. The van der Waals surface area contributed by atoms with Crippen LogP contribution in [0, 0.1) is 0 Å². The van der Waals surface area contributed by atoms with Crippen LogP contribution in [0.2, 0.25) is 0 Å². The van der Waals surface area contributed by atoms with Crippen LogP contribution in [0.15, 0.2) is 41.1 Å². The molecule has 0 amide bonds. The molecular weight excluding hydrogens is 202 g/mol. The molecule has 0 atom stereocenters. The number of nitrogens with one attached hydrogen (secondary N) is 1. The van der Waals surface area contributed by atoms with Crippen molar-refractivity contribution in [1.29, 1.82) is 0 Å². The molecule has 1 aromatic carbocycles. The minimum Gasteiger partial charge on any atom is -0.381 e. The zero-order valence-electron chi connectivity index (χ0n) is 9.02. The molecule has 0 radical (unpaired) electrons. The fourth-order valence-corrected chi connectivity index (χ4v) is 1.49. The van der Waals surface area contributed by atoms with E-state index in [2.05, 4.69) is 10.5 Å². The van der Waals surface area contributed by atoms with Gasteiger partial charge in [-0.25, -0.2) is 0 Å². The van der Waals surface area contributed by atoms with Crippen LogP contribution in [-0.2, 0) is 0 Å². The highest BCUT2D eigenvalue weighted by molar-refractivity contribution is 5.71. The first kappa shape index (κ1) is 10.7. The average molecular weight is 217 g/mol. The monoisotopic (exact) mass is 217 g/mol. The second kappa shape index (κ2) is 5.32. The van der Waals surface area contributed by atoms with Gasteiger partial charge in [-0.3, -0.25) is 0 Å². The zero-order valence-corrected chi connectivity index (χ0v) is 9.02. The summed E-state index contributed by atoms with van der Waals surface area (Å²) in [4.78, 5) is 0. The Labute approximate surface area is 94.4 Å². The molecule has 2 rings (SSSR count). The van der Waals surface area contributed by atoms with Crippen LogP contribution in [-0.4, -0.2) is 18.2 Å². The zero-order chi connectivity index (χ0) is 11.2. The van der Waals surface area contributed by atoms with E-state index in [0.29, 0.717) is 6.54 Å². The van der Waals surface area contributed by atoms with E-state index in [1.54, 1.807) is 6.20 Å². The highest BCUT2D eigenvalue weighted by Crippen LogP contribution is 2.27. The van der Waals surface area contributed by atoms with Gasteiger partial charge in [-0.2, -0.15) is 0 Å². The fourth-order valence-electron chi connectivity index (χ4n) is 1.49. The van der Waals surface area contributed by atoms with Crippen LogP contribution in [0.4, 0.5) is 5.69 Å². The number of hydrogen-bond acceptors (Lipinski definition) is 4. The summed E-state index contributed by atoms with van der Waals surface area (Å²) in [6.45, 7) is 1.51. The molecule has 0 saturated carbocycles. The fraction of sp³-hybridized carbons (Fsp3) is 0.250. The molecule has 1 heterocycles. The summed E-state index contributed by atoms with van der Waals surface area (Å²) in [6, 6.07) is 9.91. The summed E-state index contributed by atoms with van der Waals surface area (Å²) in [5.41, 5.74) is 7.38. The van der Waals surface area contributed by atoms with Gasteiger partial charge >= 0.3 is 0 Å². The summed E-state index contributed by atoms with van der Waals surface area (Å²) in [5, 5.41) is 7.06. The van der Waals surface area contributed by atoms with Crippen LogP contribution in [0.25, 0.3) is 11.3 Å². The number of benzene rings is 1. The minimum atomic E-state index is 0.680. The van der Waals surface area contributed by atoms with Crippen molar-refractivity contribution in [3.63, 3.8) is 0 Å². The van der Waals surface area contributed by atoms with E-state index in [0.717, 1.165) is 30.0 Å². The van der Waals surface area contributed by atoms with Gasteiger partial charge < -0.3 is 15.6 Å². The number of nitrogens with two attached hydrogens (primary N) is 1. The molecule has 0 aliphatic rings. The second-order valence-corrected chi connectivity index (χ2v) is 3.50. The molecule has 1 aromatic heterocycles. The number of rotatable bonds is 5. The molecule has 2 aromatic rings. The van der Waals surface area contributed by atoms with Gasteiger partial charge in [0.1, 0.15) is 5.69 Å². The van der Waals surface area contributed by atoms with Crippen molar-refractivity contribution in [2.45, 2.75) is 6.42 Å². The van der Waals surface area contributed by atoms with Crippen LogP contribution < -0.4 is 11.1 Å². The van der Waals surface area contributed by atoms with Gasteiger partial charge in [0, 0.05) is 12.1 Å². The van der Waals surface area contributed by atoms with Crippen LogP contribution in [0.1, 0.15) is 6.42 Å². The maximum Gasteiger partial charge on any atom is 0.189 e. The first-order chi connectivity index (χ1) is 7.92. The molecular formula is C12H15N3O. The van der Waals surface area contributed by atoms with Crippen molar-refractivity contribution in [1.82, 2.24) is 5.16 Å². The lowest BCUT2D eigenvalue weighted by molar-refractivity contribution is 0.432. The Morgan fingerprint density at radius 3 is 2.81 bits per heavy atom. The molecule has 4 heteroatoms. The molecule has 0 aliphatic heterocycles. The number of nitrogens with zero attached hydrogens (tertiary/aromatic N) is 1. The van der Waals surface area contributed by atoms with Gasteiger partial charge in [0.05, 0.1) is 6.20 Å². The maximum absolute atomic E-state index is 5.44. The Balaban J connectivity index is 2.13. The summed E-state index contributed by atoms with van der Waals surface area (Å²) < 4.78 is 5.24. The van der Waals surface area contributed by atoms with Crippen molar-refractivity contribution in [2.75, 3.05) is 18.4 Å². The quantitative estimate of drug-likeness (QED) is 0.753. The van der Waals surface area contributed by atoms with Crippen molar-refractivity contribution >= 4 is 5.69 Å². The molecule has 0 saturated heterocycles. The minimum absolute atomic E-state index is 0.680. The molecule has 0 bridgehead atoms. The number of aromatic nitrogens is 1. The summed E-state index contributed by atoms with van der Waals surface area (Å²) in [7, 11) is 0. The third-order valence-electron chi connectivity index (χ3n) is 2.30. The van der Waals surface area contributed by atoms with Gasteiger partial charge in [0.15, 0.2) is 5.76 Å². The summed E-state index contributed by atoms with van der Waals surface area (Å²) in [5.74, 6) is 0.776. The third-order valence-corrected chi connectivity index (χ3v) is 2.30. The smallest absolute Gasteiger partial charge is 0.189 e. The second-order valence-electron chi connectivity index (χ2n) is 3.50. The molecule has 0 spiro atoms. The maximum atomic E-state index is 5.44. The first-order valence-corrected chi connectivity index (χ1v) is 5.36. The van der Waals surface area contributed by atoms with E-state index in [9.17, 15) is 0 Å². The van der Waals surface area contributed by atoms with Crippen LogP contribution in [0.3, 0.4) is 0 Å². The van der Waals surface area contributed by atoms with Crippen molar-refractivity contribution in [2.24, 2.45) is 5.73 Å². The molecule has 3 N–H and O–H groups in total. The van der Waals surface area contributed by atoms with Crippen LogP contribution in [0.5, 0.6) is 0 Å². The predicted molar refractivity (Wildman–Crippen MR) is 64.1 cm³/mol. The summed E-state index contributed by atoms with van der Waals surface area (Å²) in [6.07, 6.45) is 2.62. The van der Waals surface area contributed by atoms with E-state index in [4.69, 9.17) is 10.3 Å². The van der Waals surface area contributed by atoms with Crippen LogP contribution >= 0.6 is 0 Å². The Hall–Kier alpha value is -1.81. The molecule has 0 aliphatic carbocycles. The van der Waals surface area contributed by atoms with E-state index < -0.39 is 0 Å². The van der Waals surface area contributed by atoms with Gasteiger partial charge in [-0.05, 0) is 13.0 Å². The largest absolute Gasteiger partial charge is 0.381 e. The number of anilines is 1. The van der Waals surface area contributed by atoms with E-state index >= 15 is 0 Å². The molecule has 84 valence electrons. The van der Waals surface area contributed by atoms with Gasteiger partial charge in [0.25, 0.3) is 0 Å². The SMILES string of the molecule is NCCCNc1cnoc1-c1ccccc1. The topological polar surface area (TPSA) is 64.1 Å². The average Bonchev–Trinajstić information content (AvgIpc) is 2.79. The first-order valence-electron chi connectivity index (χ1n) is 5.36. The highest BCUT2D eigenvalue weighted by Gasteiger charge is 2.09. The lowest BCUT2D eigenvalue weighted by atomic mass is 10.1. The Bertz CT molecular complexity index is 425. The highest BCUT2D eigenvalue weighted by atomic mass is 16.5. The molecule has 16 heavy (non-hydrogen) atoms. The van der Waals surface area contributed by atoms with Crippen molar-refractivity contribution < 1.29 is 4.52 Å². The van der Waals surface area contributed by atoms with Gasteiger partial charge in [-0.15, -0.1) is 0 Å². The molecule has 4 nitrogen and oxygen atoms in total. The lowest BCUT2D eigenvalue weighted by Gasteiger charge is -2.03. The lowest BCUT2D eigenvalue weighted by Crippen LogP contribution is -2.08. The predicted octanol–water partition coefficient (Wildman–Crippen LogP) is 2.10. The Kier molecular flexibility index (Phi) is 3.56. The van der Waals surface area contributed by atoms with Crippen molar-refractivity contribution in [3.05, 3.63) is 36.5 Å². The Morgan fingerprint density at radius 2 is 2.06 bits per heavy atom. The van der Waals surface area contributed by atoms with E-state index in [-0.39, 0.29) is 0 Å². The standard InChI is InChI=1S/C12H15N3O/c13-7-4-8-14-11-9-15-16-12(11)10-5-2-1-3-6-10/h1-3,5-6,9,14H,4,7-8,13H2.